The molecule has 0 aliphatic carbocycles. The van der Waals surface area contributed by atoms with Crippen LogP contribution in [0.1, 0.15) is 28.3 Å². The third-order valence-electron chi connectivity index (χ3n) is 4.78. The lowest BCUT2D eigenvalue weighted by Gasteiger charge is -2.27. The SMILES string of the molecule is COCCn1c(C)cc2c(c1=O)C(c1ccc(C(F)(F)F)cc1)C(C#N)=C(N)O2. The highest BCUT2D eigenvalue weighted by Crippen LogP contribution is 2.41. The topological polar surface area (TPSA) is 90.3 Å². The van der Waals surface area contributed by atoms with E-state index in [4.69, 9.17) is 15.2 Å². The first-order valence-electron chi connectivity index (χ1n) is 8.67. The molecule has 2 heterocycles. The average Bonchev–Trinajstić information content (AvgIpc) is 2.66. The Morgan fingerprint density at radius 3 is 2.52 bits per heavy atom. The number of nitriles is 1. The maximum Gasteiger partial charge on any atom is 0.416 e. The Bertz CT molecular complexity index is 1060. The normalized spacial score (nSPS) is 16.2. The molecule has 1 aliphatic rings. The first-order chi connectivity index (χ1) is 13.7. The van der Waals surface area contributed by atoms with Crippen LogP contribution >= 0.6 is 0 Å². The van der Waals surface area contributed by atoms with Gasteiger partial charge in [-0.15, -0.1) is 0 Å². The van der Waals surface area contributed by atoms with Gasteiger partial charge in [-0.1, -0.05) is 12.1 Å². The summed E-state index contributed by atoms with van der Waals surface area (Å²) in [4.78, 5) is 13.2. The van der Waals surface area contributed by atoms with E-state index in [2.05, 4.69) is 0 Å². The molecule has 152 valence electrons. The predicted octanol–water partition coefficient (Wildman–Crippen LogP) is 3.04. The van der Waals surface area contributed by atoms with Gasteiger partial charge in [-0.2, -0.15) is 18.4 Å². The predicted molar refractivity (Wildman–Crippen MR) is 98.1 cm³/mol. The van der Waals surface area contributed by atoms with Crippen LogP contribution in [0.4, 0.5) is 13.2 Å². The van der Waals surface area contributed by atoms with Gasteiger partial charge in [0.05, 0.1) is 23.7 Å². The number of alkyl halides is 3. The van der Waals surface area contributed by atoms with Crippen molar-refractivity contribution in [3.63, 3.8) is 0 Å². The van der Waals surface area contributed by atoms with Crippen LogP contribution in [0, 0.1) is 18.3 Å². The molecule has 0 spiro atoms. The Morgan fingerprint density at radius 1 is 1.31 bits per heavy atom. The van der Waals surface area contributed by atoms with Crippen molar-refractivity contribution in [1.82, 2.24) is 4.57 Å². The first-order valence-corrected chi connectivity index (χ1v) is 8.67. The number of aryl methyl sites for hydroxylation is 1. The smallest absolute Gasteiger partial charge is 0.416 e. The molecule has 2 N–H and O–H groups in total. The second kappa shape index (κ2) is 7.64. The molecule has 0 bridgehead atoms. The quantitative estimate of drug-likeness (QED) is 0.845. The van der Waals surface area contributed by atoms with Crippen molar-refractivity contribution in [2.45, 2.75) is 25.6 Å². The van der Waals surface area contributed by atoms with Gasteiger partial charge in [-0.05, 0) is 24.6 Å². The van der Waals surface area contributed by atoms with Gasteiger partial charge < -0.3 is 19.8 Å². The number of allylic oxidation sites excluding steroid dienone is 1. The van der Waals surface area contributed by atoms with Crippen molar-refractivity contribution in [2.75, 3.05) is 13.7 Å². The van der Waals surface area contributed by atoms with E-state index < -0.39 is 23.2 Å². The van der Waals surface area contributed by atoms with Crippen LogP contribution in [0.5, 0.6) is 5.75 Å². The van der Waals surface area contributed by atoms with Crippen molar-refractivity contribution in [3.8, 4) is 11.8 Å². The molecule has 1 atom stereocenters. The number of ether oxygens (including phenoxy) is 2. The number of hydrogen-bond donors (Lipinski definition) is 1. The summed E-state index contributed by atoms with van der Waals surface area (Å²) < 4.78 is 50.8. The maximum atomic E-state index is 13.2. The third kappa shape index (κ3) is 3.71. The number of fused-ring (bicyclic) bond motifs is 1. The summed E-state index contributed by atoms with van der Waals surface area (Å²) in [5.74, 6) is -0.936. The standard InChI is InChI=1S/C20H18F3N3O3/c1-11-9-15-17(19(27)26(11)7-8-28-2)16(14(10-24)18(25)29-15)12-3-5-13(6-4-12)20(21,22)23/h3-6,9,16H,7-8,25H2,1-2H3. The highest BCUT2D eigenvalue weighted by atomic mass is 19.4. The van der Waals surface area contributed by atoms with Crippen LogP contribution in [-0.4, -0.2) is 18.3 Å². The number of nitrogens with two attached hydrogens (primary N) is 1. The van der Waals surface area contributed by atoms with Gasteiger partial charge in [-0.25, -0.2) is 0 Å². The van der Waals surface area contributed by atoms with Gasteiger partial charge in [0.15, 0.2) is 0 Å². The molecule has 9 heteroatoms. The zero-order valence-electron chi connectivity index (χ0n) is 15.7. The summed E-state index contributed by atoms with van der Waals surface area (Å²) >= 11 is 0. The van der Waals surface area contributed by atoms with Crippen LogP contribution in [-0.2, 0) is 17.5 Å². The molecule has 0 saturated heterocycles. The number of hydrogen-bond acceptors (Lipinski definition) is 5. The molecule has 2 aromatic rings. The average molecular weight is 405 g/mol. The summed E-state index contributed by atoms with van der Waals surface area (Å²) in [5, 5.41) is 9.58. The van der Waals surface area contributed by atoms with Crippen molar-refractivity contribution >= 4 is 0 Å². The maximum absolute atomic E-state index is 13.2. The molecule has 3 rings (SSSR count). The van der Waals surface area contributed by atoms with Crippen molar-refractivity contribution in [2.24, 2.45) is 5.73 Å². The molecule has 1 aromatic heterocycles. The van der Waals surface area contributed by atoms with E-state index in [0.29, 0.717) is 11.3 Å². The Labute approximate surface area is 164 Å². The molecule has 29 heavy (non-hydrogen) atoms. The number of pyridine rings is 1. The number of rotatable bonds is 4. The molecule has 0 saturated carbocycles. The van der Waals surface area contributed by atoms with Crippen LogP contribution in [0.15, 0.2) is 46.6 Å². The zero-order valence-corrected chi connectivity index (χ0v) is 15.7. The summed E-state index contributed by atoms with van der Waals surface area (Å²) in [6, 6.07) is 7.85. The Kier molecular flexibility index (Phi) is 5.40. The summed E-state index contributed by atoms with van der Waals surface area (Å²) in [7, 11) is 1.50. The second-order valence-corrected chi connectivity index (χ2v) is 6.56. The Hall–Kier alpha value is -3.25. The molecule has 0 radical (unpaired) electrons. The number of halogens is 3. The summed E-state index contributed by atoms with van der Waals surface area (Å²) in [6.45, 7) is 2.28. The molecule has 0 amide bonds. The van der Waals surface area contributed by atoms with E-state index in [9.17, 15) is 23.2 Å². The highest BCUT2D eigenvalue weighted by Gasteiger charge is 2.35. The van der Waals surface area contributed by atoms with Gasteiger partial charge in [0.25, 0.3) is 5.56 Å². The van der Waals surface area contributed by atoms with E-state index in [0.717, 1.165) is 12.1 Å². The van der Waals surface area contributed by atoms with Crippen LogP contribution in [0.3, 0.4) is 0 Å². The Morgan fingerprint density at radius 2 is 1.97 bits per heavy atom. The van der Waals surface area contributed by atoms with E-state index >= 15 is 0 Å². The van der Waals surface area contributed by atoms with Crippen LogP contribution in [0.2, 0.25) is 0 Å². The lowest BCUT2D eigenvalue weighted by molar-refractivity contribution is -0.137. The second-order valence-electron chi connectivity index (χ2n) is 6.56. The lowest BCUT2D eigenvalue weighted by Crippen LogP contribution is -2.33. The molecule has 1 aromatic carbocycles. The number of nitrogens with zero attached hydrogens (tertiary/aromatic N) is 2. The van der Waals surface area contributed by atoms with E-state index in [1.807, 2.05) is 6.07 Å². The minimum absolute atomic E-state index is 0.0310. The van der Waals surface area contributed by atoms with Crippen molar-refractivity contribution in [3.05, 3.63) is 74.5 Å². The fourth-order valence-electron chi connectivity index (χ4n) is 3.34. The van der Waals surface area contributed by atoms with Crippen LogP contribution in [0.25, 0.3) is 0 Å². The lowest BCUT2D eigenvalue weighted by atomic mass is 9.83. The molecular formula is C20H18F3N3O3. The first kappa shape index (κ1) is 20.5. The van der Waals surface area contributed by atoms with Gasteiger partial charge in [0.2, 0.25) is 5.88 Å². The summed E-state index contributed by atoms with van der Waals surface area (Å²) in [5.41, 5.74) is 5.69. The van der Waals surface area contributed by atoms with Gasteiger partial charge in [0, 0.05) is 25.4 Å². The molecule has 0 fully saturated rings. The van der Waals surface area contributed by atoms with Gasteiger partial charge in [-0.3, -0.25) is 4.79 Å². The fraction of sp³-hybridized carbons (Fsp3) is 0.300. The molecule has 1 aliphatic heterocycles. The fourth-order valence-corrected chi connectivity index (χ4v) is 3.34. The monoisotopic (exact) mass is 405 g/mol. The van der Waals surface area contributed by atoms with Crippen LogP contribution < -0.4 is 16.0 Å². The van der Waals surface area contributed by atoms with E-state index in [1.165, 1.54) is 23.8 Å². The highest BCUT2D eigenvalue weighted by molar-refractivity contribution is 5.55. The number of methoxy groups -OCH3 is 1. The zero-order chi connectivity index (χ0) is 21.3. The Balaban J connectivity index is 2.21. The van der Waals surface area contributed by atoms with E-state index in [1.54, 1.807) is 13.0 Å². The minimum Gasteiger partial charge on any atom is -0.440 e. The van der Waals surface area contributed by atoms with Gasteiger partial charge >= 0.3 is 6.18 Å². The molecular weight excluding hydrogens is 387 g/mol. The van der Waals surface area contributed by atoms with Gasteiger partial charge in [0.1, 0.15) is 17.4 Å². The molecule has 6 nitrogen and oxygen atoms in total. The third-order valence-corrected chi connectivity index (χ3v) is 4.78. The molecule has 1 unspecified atom stereocenters. The number of aromatic nitrogens is 1. The largest absolute Gasteiger partial charge is 0.440 e. The van der Waals surface area contributed by atoms with Crippen molar-refractivity contribution < 1.29 is 22.6 Å². The van der Waals surface area contributed by atoms with Crippen molar-refractivity contribution in [1.29, 1.82) is 5.26 Å². The number of benzene rings is 1. The van der Waals surface area contributed by atoms with E-state index in [-0.39, 0.29) is 35.9 Å². The summed E-state index contributed by atoms with van der Waals surface area (Å²) in [6.07, 6.45) is -4.50. The minimum atomic E-state index is -4.50.